The van der Waals surface area contributed by atoms with Crippen molar-refractivity contribution in [2.75, 3.05) is 10.6 Å². The minimum absolute atomic E-state index is 0.326. The lowest BCUT2D eigenvalue weighted by Gasteiger charge is -2.20. The Labute approximate surface area is 165 Å². The van der Waals surface area contributed by atoms with Gasteiger partial charge in [-0.25, -0.2) is 4.98 Å². The van der Waals surface area contributed by atoms with Crippen molar-refractivity contribution in [3.05, 3.63) is 23.3 Å². The maximum Gasteiger partial charge on any atom is 0.408 e. The van der Waals surface area contributed by atoms with Gasteiger partial charge >= 0.3 is 12.4 Å². The molecule has 0 radical (unpaired) electrons. The second-order valence-corrected chi connectivity index (χ2v) is 5.09. The van der Waals surface area contributed by atoms with Crippen molar-refractivity contribution in [1.82, 2.24) is 19.9 Å². The summed E-state index contributed by atoms with van der Waals surface area (Å²) < 4.78 is 138. The van der Waals surface area contributed by atoms with Gasteiger partial charge in [0.05, 0.1) is 2.74 Å². The number of nitrogens with one attached hydrogen (secondary N) is 2. The Bertz CT molecular complexity index is 1030. The molecule has 0 aliphatic rings. The molecule has 0 aliphatic carbocycles. The number of rotatable bonds is 5. The summed E-state index contributed by atoms with van der Waals surface area (Å²) in [4.78, 5) is 13.8. The third-order valence-corrected chi connectivity index (χ3v) is 2.83. The topological polar surface area (TPSA) is 75.6 Å². The van der Waals surface area contributed by atoms with Crippen molar-refractivity contribution in [3.63, 3.8) is 0 Å². The van der Waals surface area contributed by atoms with Crippen LogP contribution in [0.2, 0.25) is 5.15 Å². The van der Waals surface area contributed by atoms with Crippen molar-refractivity contribution in [1.29, 1.82) is 0 Å². The van der Waals surface area contributed by atoms with E-state index in [1.807, 2.05) is 0 Å². The monoisotopic (exact) mass is 422 g/mol. The Balaban J connectivity index is 2.73. The molecule has 0 saturated carbocycles. The zero-order valence-corrected chi connectivity index (χ0v) is 13.4. The number of anilines is 2. The fraction of sp³-hybridized carbons (Fsp3) is 0.429. The summed E-state index contributed by atoms with van der Waals surface area (Å²) in [7, 11) is 0. The van der Waals surface area contributed by atoms with Crippen LogP contribution in [0.5, 0.6) is 0 Å². The van der Waals surface area contributed by atoms with Gasteiger partial charge in [0.25, 0.3) is 0 Å². The molecular formula is C14H13ClF6N6. The van der Waals surface area contributed by atoms with E-state index in [1.165, 1.54) is 10.6 Å². The van der Waals surface area contributed by atoms with Gasteiger partial charge in [0, 0.05) is 8.22 Å². The molecule has 27 heavy (non-hydrogen) atoms. The van der Waals surface area contributed by atoms with Gasteiger partial charge in [0.2, 0.25) is 11.9 Å². The van der Waals surface area contributed by atoms with Crippen molar-refractivity contribution in [3.8, 4) is 11.5 Å². The molecule has 0 unspecified atom stereocenters. The molecule has 2 atom stereocenters. The molecule has 0 spiro atoms. The lowest BCUT2D eigenvalue weighted by atomic mass is 10.3. The number of halogens is 7. The largest absolute Gasteiger partial charge is 0.408 e. The zero-order chi connectivity index (χ0) is 27.2. The average Bonchev–Trinajstić information content (AvgIpc) is 2.61. The number of nitrogens with zero attached hydrogens (tertiary/aromatic N) is 4. The van der Waals surface area contributed by atoms with Gasteiger partial charge in [-0.1, -0.05) is 17.6 Å². The van der Waals surface area contributed by atoms with Crippen LogP contribution in [-0.4, -0.2) is 44.3 Å². The molecule has 2 N–H and O–H groups in total. The first-order valence-corrected chi connectivity index (χ1v) is 7.01. The van der Waals surface area contributed by atoms with E-state index in [0.717, 1.165) is 12.1 Å². The van der Waals surface area contributed by atoms with E-state index < -0.39 is 61.5 Å². The Kier molecular flexibility index (Phi) is 3.47. The predicted molar refractivity (Wildman–Crippen MR) is 86.3 cm³/mol. The van der Waals surface area contributed by atoms with E-state index in [0.29, 0.717) is 0 Å². The summed E-state index contributed by atoms with van der Waals surface area (Å²) >= 11 is 5.70. The van der Waals surface area contributed by atoms with Crippen LogP contribution in [0.15, 0.2) is 18.2 Å². The molecule has 0 saturated heterocycles. The number of hydrogen-bond donors (Lipinski definition) is 2. The normalized spacial score (nSPS) is 21.0. The van der Waals surface area contributed by atoms with Gasteiger partial charge in [0.1, 0.15) is 22.9 Å². The van der Waals surface area contributed by atoms with Crippen molar-refractivity contribution in [2.45, 2.75) is 38.1 Å². The minimum atomic E-state index is -5.77. The van der Waals surface area contributed by atoms with E-state index in [1.54, 1.807) is 0 Å². The van der Waals surface area contributed by atoms with Crippen LogP contribution >= 0.6 is 11.6 Å². The molecule has 0 aliphatic heterocycles. The molecule has 0 aromatic carbocycles. The first-order valence-electron chi connectivity index (χ1n) is 10.6. The number of aromatic nitrogens is 4. The summed E-state index contributed by atoms with van der Waals surface area (Å²) in [6.45, 7) is -7.81. The smallest absolute Gasteiger partial charge is 0.343 e. The summed E-state index contributed by atoms with van der Waals surface area (Å²) in [6.07, 6.45) is -11.2. The second kappa shape index (κ2) is 7.71. The minimum Gasteiger partial charge on any atom is -0.343 e. The molecule has 2 heterocycles. The molecule has 2 rings (SSSR count). The summed E-state index contributed by atoms with van der Waals surface area (Å²) in [5.41, 5.74) is -0.468. The molecular weight excluding hydrogens is 402 g/mol. The lowest BCUT2D eigenvalue weighted by molar-refractivity contribution is -0.139. The standard InChI is InChI=1S/C14H13ClF6N6/c1-6(13(16,17)18)22-11-25-10(8-4-3-5-9(15)24-8)26-12(27-11)23-7(2)14(19,20)21/h3-7H,1-2H3,(H2,22,23,25,26,27)/t6-,7-/m1/s1/i1D3,2D3,3D,6D. The predicted octanol–water partition coefficient (Wildman–Crippen LogP) is 4.31. The number of hydrogen-bond acceptors (Lipinski definition) is 6. The van der Waals surface area contributed by atoms with Crippen LogP contribution in [0.1, 0.15) is 24.7 Å². The van der Waals surface area contributed by atoms with Gasteiger partial charge in [0.15, 0.2) is 5.82 Å². The van der Waals surface area contributed by atoms with E-state index in [-0.39, 0.29) is 11.2 Å². The Morgan fingerprint density at radius 1 is 1.00 bits per heavy atom. The maximum absolute atomic E-state index is 13.5. The van der Waals surface area contributed by atoms with Crippen molar-refractivity contribution < 1.29 is 37.3 Å². The summed E-state index contributed by atoms with van der Waals surface area (Å²) in [6, 6.07) is -6.14. The Morgan fingerprint density at radius 2 is 1.67 bits per heavy atom. The van der Waals surface area contributed by atoms with Gasteiger partial charge in [-0.3, -0.25) is 0 Å². The lowest BCUT2D eigenvalue weighted by Crippen LogP contribution is -2.35. The Hall–Kier alpha value is -2.37. The van der Waals surface area contributed by atoms with Crippen molar-refractivity contribution >= 4 is 23.5 Å². The average molecular weight is 423 g/mol. The van der Waals surface area contributed by atoms with E-state index in [9.17, 15) is 26.3 Å². The molecule has 2 aromatic rings. The molecule has 13 heteroatoms. The SMILES string of the molecule is [2H]c1cc(Cl)nc(-c2nc(N[C@H](C([2H])([2H])[2H])C(F)(F)F)nc(N[C@]([2H])(C([2H])([2H])[2H])C(F)(F)F)n2)c1. The molecule has 0 fully saturated rings. The molecule has 2 aromatic heterocycles. The molecule has 148 valence electrons. The molecule has 0 bridgehead atoms. The highest BCUT2D eigenvalue weighted by Gasteiger charge is 2.38. The zero-order valence-electron chi connectivity index (χ0n) is 20.7. The highest BCUT2D eigenvalue weighted by Crippen LogP contribution is 2.26. The quantitative estimate of drug-likeness (QED) is 0.552. The van der Waals surface area contributed by atoms with Gasteiger partial charge in [-0.05, 0) is 25.8 Å². The highest BCUT2D eigenvalue weighted by atomic mass is 35.5. The van der Waals surface area contributed by atoms with Crippen LogP contribution in [0.4, 0.5) is 38.2 Å². The summed E-state index contributed by atoms with van der Waals surface area (Å²) in [5.74, 6) is -3.43. The van der Waals surface area contributed by atoms with Crippen LogP contribution < -0.4 is 10.6 Å². The summed E-state index contributed by atoms with van der Waals surface area (Å²) in [5, 5.41) is 2.29. The third-order valence-electron chi connectivity index (χ3n) is 2.64. The second-order valence-electron chi connectivity index (χ2n) is 4.70. The van der Waals surface area contributed by atoms with E-state index in [4.69, 9.17) is 22.6 Å². The first kappa shape index (κ1) is 12.2. The Morgan fingerprint density at radius 3 is 2.19 bits per heavy atom. The van der Waals surface area contributed by atoms with Gasteiger partial charge < -0.3 is 10.6 Å². The highest BCUT2D eigenvalue weighted by molar-refractivity contribution is 6.29. The number of alkyl halides is 6. The maximum atomic E-state index is 13.5. The fourth-order valence-corrected chi connectivity index (χ4v) is 1.64. The fourth-order valence-electron chi connectivity index (χ4n) is 1.49. The van der Waals surface area contributed by atoms with E-state index >= 15 is 0 Å². The van der Waals surface area contributed by atoms with Crippen molar-refractivity contribution in [2.24, 2.45) is 0 Å². The van der Waals surface area contributed by atoms with Crippen LogP contribution in [-0.2, 0) is 0 Å². The third kappa shape index (κ3) is 5.81. The first-order chi connectivity index (χ1) is 15.5. The van der Waals surface area contributed by atoms with Crippen LogP contribution in [0.25, 0.3) is 11.5 Å². The molecule has 6 nitrogen and oxygen atoms in total. The van der Waals surface area contributed by atoms with Gasteiger partial charge in [-0.15, -0.1) is 0 Å². The van der Waals surface area contributed by atoms with E-state index in [2.05, 4.69) is 19.9 Å². The van der Waals surface area contributed by atoms with Gasteiger partial charge in [-0.2, -0.15) is 41.3 Å². The molecule has 0 amide bonds. The number of pyridine rings is 1. The van der Waals surface area contributed by atoms with Crippen LogP contribution in [0.3, 0.4) is 0 Å². The van der Waals surface area contributed by atoms with Crippen LogP contribution in [0, 0.1) is 0 Å².